The highest BCUT2D eigenvalue weighted by molar-refractivity contribution is 5.33. The van der Waals surface area contributed by atoms with Crippen molar-refractivity contribution in [1.82, 2.24) is 0 Å². The van der Waals surface area contributed by atoms with E-state index in [1.807, 2.05) is 0 Å². The molecule has 4 unspecified atom stereocenters. The van der Waals surface area contributed by atoms with Crippen LogP contribution in [0.15, 0.2) is 24.3 Å². The van der Waals surface area contributed by atoms with Crippen molar-refractivity contribution >= 4 is 0 Å². The minimum atomic E-state index is 0.504. The third kappa shape index (κ3) is 2.33. The lowest BCUT2D eigenvalue weighted by Crippen LogP contribution is -2.35. The highest BCUT2D eigenvalue weighted by Gasteiger charge is 2.32. The smallest absolute Gasteiger partial charge is 0.0609 e. The number of rotatable bonds is 1. The fourth-order valence-corrected chi connectivity index (χ4v) is 3.76. The molecule has 1 aliphatic heterocycles. The van der Waals surface area contributed by atoms with E-state index in [2.05, 4.69) is 38.1 Å². The molecule has 18 heavy (non-hydrogen) atoms. The zero-order chi connectivity index (χ0) is 12.5. The third-order valence-corrected chi connectivity index (χ3v) is 4.83. The van der Waals surface area contributed by atoms with Gasteiger partial charge in [0.15, 0.2) is 0 Å². The summed E-state index contributed by atoms with van der Waals surface area (Å²) in [6, 6.07) is 8.97. The fourth-order valence-electron chi connectivity index (χ4n) is 3.76. The number of ether oxygens (including phenoxy) is 1. The lowest BCUT2D eigenvalue weighted by atomic mass is 9.73. The summed E-state index contributed by atoms with van der Waals surface area (Å²) in [5.41, 5.74) is 3.13. The van der Waals surface area contributed by atoms with Gasteiger partial charge in [0.1, 0.15) is 0 Å². The summed E-state index contributed by atoms with van der Waals surface area (Å²) in [6.07, 6.45) is 5.53. The molecule has 0 amide bonds. The quantitative estimate of drug-likeness (QED) is 0.720. The highest BCUT2D eigenvalue weighted by atomic mass is 16.5. The molecule has 1 aromatic rings. The molecule has 0 spiro atoms. The van der Waals surface area contributed by atoms with Gasteiger partial charge in [0, 0.05) is 6.61 Å². The molecule has 2 aliphatic rings. The fraction of sp³-hybridized carbons (Fsp3) is 0.647. The molecule has 1 nitrogen and oxygen atoms in total. The van der Waals surface area contributed by atoms with E-state index < -0.39 is 0 Å². The van der Waals surface area contributed by atoms with Crippen LogP contribution in [0.4, 0.5) is 0 Å². The van der Waals surface area contributed by atoms with Gasteiger partial charge in [-0.1, -0.05) is 38.1 Å². The van der Waals surface area contributed by atoms with E-state index in [0.29, 0.717) is 12.0 Å². The zero-order valence-corrected chi connectivity index (χ0v) is 11.6. The second-order valence-electron chi connectivity index (χ2n) is 6.34. The second kappa shape index (κ2) is 5.05. The Morgan fingerprint density at radius 1 is 1.11 bits per heavy atom. The SMILES string of the molecule is CC1CCOC(C2Cc3ccccc3C(C)C2)C1. The molecule has 0 radical (unpaired) electrons. The van der Waals surface area contributed by atoms with Crippen LogP contribution in [0.3, 0.4) is 0 Å². The number of hydrogen-bond donors (Lipinski definition) is 0. The molecule has 1 aromatic carbocycles. The van der Waals surface area contributed by atoms with Gasteiger partial charge in [0.2, 0.25) is 0 Å². The van der Waals surface area contributed by atoms with Crippen LogP contribution in [0.2, 0.25) is 0 Å². The van der Waals surface area contributed by atoms with Gasteiger partial charge in [0.25, 0.3) is 0 Å². The summed E-state index contributed by atoms with van der Waals surface area (Å²) in [7, 11) is 0. The number of fused-ring (bicyclic) bond motifs is 1. The van der Waals surface area contributed by atoms with Gasteiger partial charge < -0.3 is 4.74 Å². The molecule has 98 valence electrons. The Balaban J connectivity index is 1.77. The first-order chi connectivity index (χ1) is 8.74. The Hall–Kier alpha value is -0.820. The van der Waals surface area contributed by atoms with E-state index in [9.17, 15) is 0 Å². The van der Waals surface area contributed by atoms with Crippen molar-refractivity contribution in [2.24, 2.45) is 11.8 Å². The van der Waals surface area contributed by atoms with Gasteiger partial charge in [-0.15, -0.1) is 0 Å². The van der Waals surface area contributed by atoms with Crippen LogP contribution in [0.25, 0.3) is 0 Å². The first-order valence-electron chi connectivity index (χ1n) is 7.43. The summed E-state index contributed by atoms with van der Waals surface area (Å²) in [6.45, 7) is 5.71. The maximum absolute atomic E-state index is 6.05. The molecule has 1 fully saturated rings. The van der Waals surface area contributed by atoms with Crippen LogP contribution >= 0.6 is 0 Å². The van der Waals surface area contributed by atoms with Crippen LogP contribution in [-0.2, 0) is 11.2 Å². The molecular formula is C17H24O. The maximum Gasteiger partial charge on any atom is 0.0609 e. The van der Waals surface area contributed by atoms with Crippen molar-refractivity contribution in [2.75, 3.05) is 6.61 Å². The molecular weight excluding hydrogens is 220 g/mol. The van der Waals surface area contributed by atoms with E-state index >= 15 is 0 Å². The zero-order valence-electron chi connectivity index (χ0n) is 11.6. The summed E-state index contributed by atoms with van der Waals surface area (Å²) in [5.74, 6) is 2.27. The Kier molecular flexibility index (Phi) is 3.43. The van der Waals surface area contributed by atoms with Crippen molar-refractivity contribution < 1.29 is 4.74 Å². The normalized spacial score (nSPS) is 36.1. The minimum absolute atomic E-state index is 0.504. The van der Waals surface area contributed by atoms with Crippen molar-refractivity contribution in [3.05, 3.63) is 35.4 Å². The van der Waals surface area contributed by atoms with Crippen molar-refractivity contribution in [2.45, 2.75) is 51.6 Å². The standard InChI is InChI=1S/C17H24O/c1-12-7-8-18-17(9-12)15-10-13(2)16-6-4-3-5-14(16)11-15/h3-6,12-13,15,17H,7-11H2,1-2H3. The van der Waals surface area contributed by atoms with E-state index in [4.69, 9.17) is 4.74 Å². The monoisotopic (exact) mass is 244 g/mol. The first kappa shape index (κ1) is 12.2. The minimum Gasteiger partial charge on any atom is -0.378 e. The average molecular weight is 244 g/mol. The summed E-state index contributed by atoms with van der Waals surface area (Å²) < 4.78 is 6.05. The molecule has 1 saturated heterocycles. The van der Waals surface area contributed by atoms with Crippen LogP contribution < -0.4 is 0 Å². The first-order valence-corrected chi connectivity index (χ1v) is 7.43. The summed E-state index contributed by atoms with van der Waals surface area (Å²) in [5, 5.41) is 0. The van der Waals surface area contributed by atoms with Crippen LogP contribution in [0, 0.1) is 11.8 Å². The predicted octanol–water partition coefficient (Wildman–Crippen LogP) is 4.17. The third-order valence-electron chi connectivity index (χ3n) is 4.83. The molecule has 0 bridgehead atoms. The number of hydrogen-bond acceptors (Lipinski definition) is 1. The topological polar surface area (TPSA) is 9.23 Å². The molecule has 1 heteroatoms. The maximum atomic E-state index is 6.05. The largest absolute Gasteiger partial charge is 0.378 e. The van der Waals surface area contributed by atoms with Gasteiger partial charge in [-0.2, -0.15) is 0 Å². The van der Waals surface area contributed by atoms with Crippen LogP contribution in [0.1, 0.15) is 50.2 Å². The van der Waals surface area contributed by atoms with E-state index in [1.54, 1.807) is 11.1 Å². The Bertz CT molecular complexity index is 412. The Morgan fingerprint density at radius 3 is 2.78 bits per heavy atom. The highest BCUT2D eigenvalue weighted by Crippen LogP contribution is 2.39. The van der Waals surface area contributed by atoms with E-state index in [1.165, 1.54) is 25.7 Å². The lowest BCUT2D eigenvalue weighted by Gasteiger charge is -2.38. The Labute approximate surface area is 111 Å². The molecule has 1 aliphatic carbocycles. The van der Waals surface area contributed by atoms with E-state index in [-0.39, 0.29) is 0 Å². The molecule has 0 aromatic heterocycles. The molecule has 0 saturated carbocycles. The van der Waals surface area contributed by atoms with E-state index in [0.717, 1.165) is 18.4 Å². The summed E-state index contributed by atoms with van der Waals surface area (Å²) in [4.78, 5) is 0. The van der Waals surface area contributed by atoms with Crippen molar-refractivity contribution in [1.29, 1.82) is 0 Å². The average Bonchev–Trinajstić information content (AvgIpc) is 2.39. The Morgan fingerprint density at radius 2 is 1.94 bits per heavy atom. The molecule has 3 rings (SSSR count). The van der Waals surface area contributed by atoms with Gasteiger partial charge in [0.05, 0.1) is 6.10 Å². The van der Waals surface area contributed by atoms with Crippen molar-refractivity contribution in [3.8, 4) is 0 Å². The van der Waals surface area contributed by atoms with Crippen molar-refractivity contribution in [3.63, 3.8) is 0 Å². The molecule has 1 heterocycles. The lowest BCUT2D eigenvalue weighted by molar-refractivity contribution is -0.0436. The van der Waals surface area contributed by atoms with Crippen LogP contribution in [0.5, 0.6) is 0 Å². The predicted molar refractivity (Wildman–Crippen MR) is 74.8 cm³/mol. The van der Waals surface area contributed by atoms with Gasteiger partial charge in [-0.05, 0) is 54.6 Å². The molecule has 0 N–H and O–H groups in total. The summed E-state index contributed by atoms with van der Waals surface area (Å²) >= 11 is 0. The van der Waals surface area contributed by atoms with Gasteiger partial charge in [-0.25, -0.2) is 0 Å². The second-order valence-corrected chi connectivity index (χ2v) is 6.34. The van der Waals surface area contributed by atoms with Crippen LogP contribution in [-0.4, -0.2) is 12.7 Å². The van der Waals surface area contributed by atoms with Gasteiger partial charge in [-0.3, -0.25) is 0 Å². The number of benzene rings is 1. The van der Waals surface area contributed by atoms with Gasteiger partial charge >= 0.3 is 0 Å². The molecule has 4 atom stereocenters.